The van der Waals surface area contributed by atoms with Crippen LogP contribution in [0.1, 0.15) is 5.56 Å². The lowest BCUT2D eigenvalue weighted by Crippen LogP contribution is -1.99. The van der Waals surface area contributed by atoms with Crippen molar-refractivity contribution in [1.29, 1.82) is 0 Å². The summed E-state index contributed by atoms with van der Waals surface area (Å²) in [5.41, 5.74) is 6.49. The minimum atomic E-state index is 0.595. The van der Waals surface area contributed by atoms with Crippen LogP contribution in [-0.4, -0.2) is 30.9 Å². The first-order chi connectivity index (χ1) is 13.9. The monoisotopic (exact) mass is 365 g/mol. The van der Waals surface area contributed by atoms with E-state index in [1.165, 1.54) is 6.33 Å². The second-order valence-corrected chi connectivity index (χ2v) is 6.18. The average molecular weight is 365 g/mol. The summed E-state index contributed by atoms with van der Waals surface area (Å²) in [4.78, 5) is 13.1. The van der Waals surface area contributed by atoms with E-state index < -0.39 is 0 Å². The van der Waals surface area contributed by atoms with Crippen molar-refractivity contribution in [2.75, 3.05) is 5.43 Å². The second-order valence-electron chi connectivity index (χ2n) is 6.18. The maximum atomic E-state index is 4.44. The lowest BCUT2D eigenvalue weighted by atomic mass is 10.2. The Morgan fingerprint density at radius 1 is 0.893 bits per heavy atom. The summed E-state index contributed by atoms with van der Waals surface area (Å²) in [5, 5.41) is 10.6. The molecule has 0 aliphatic carbocycles. The number of hydrogen-bond acceptors (Lipinski definition) is 6. The van der Waals surface area contributed by atoms with Crippen LogP contribution >= 0.6 is 0 Å². The van der Waals surface area contributed by atoms with Crippen LogP contribution in [0.5, 0.6) is 0 Å². The van der Waals surface area contributed by atoms with E-state index in [0.29, 0.717) is 11.5 Å². The van der Waals surface area contributed by atoms with Gasteiger partial charge in [-0.3, -0.25) is 10.4 Å². The van der Waals surface area contributed by atoms with Gasteiger partial charge in [0.05, 0.1) is 29.0 Å². The van der Waals surface area contributed by atoms with Gasteiger partial charge < -0.3 is 0 Å². The Balaban J connectivity index is 1.43. The first-order valence-electron chi connectivity index (χ1n) is 8.76. The van der Waals surface area contributed by atoms with E-state index in [2.05, 4.69) is 30.6 Å². The highest BCUT2D eigenvalue weighted by molar-refractivity contribution is 5.90. The van der Waals surface area contributed by atoms with Gasteiger partial charge in [-0.25, -0.2) is 14.6 Å². The summed E-state index contributed by atoms with van der Waals surface area (Å²) in [6.07, 6.45) is 6.74. The zero-order chi connectivity index (χ0) is 18.8. The summed E-state index contributed by atoms with van der Waals surface area (Å²) < 4.78 is 1.78. The van der Waals surface area contributed by atoms with Crippen LogP contribution in [0.4, 0.5) is 5.82 Å². The highest BCUT2D eigenvalue weighted by atomic mass is 15.3. The van der Waals surface area contributed by atoms with Gasteiger partial charge >= 0.3 is 0 Å². The normalized spacial score (nSPS) is 11.4. The zero-order valence-corrected chi connectivity index (χ0v) is 14.8. The van der Waals surface area contributed by atoms with E-state index in [4.69, 9.17) is 0 Å². The minimum absolute atomic E-state index is 0.595. The maximum Gasteiger partial charge on any atom is 0.168 e. The van der Waals surface area contributed by atoms with Crippen molar-refractivity contribution in [2.45, 2.75) is 0 Å². The molecule has 0 saturated heterocycles. The van der Waals surface area contributed by atoms with Crippen LogP contribution in [-0.2, 0) is 0 Å². The predicted molar refractivity (Wildman–Crippen MR) is 110 cm³/mol. The van der Waals surface area contributed by atoms with Crippen LogP contribution in [0.15, 0.2) is 84.5 Å². The Morgan fingerprint density at radius 3 is 2.68 bits per heavy atom. The van der Waals surface area contributed by atoms with Gasteiger partial charge in [-0.15, -0.1) is 0 Å². The first kappa shape index (κ1) is 16.1. The predicted octanol–water partition coefficient (Wildman–Crippen LogP) is 3.81. The molecule has 7 heteroatoms. The second kappa shape index (κ2) is 6.88. The zero-order valence-electron chi connectivity index (χ0n) is 14.8. The number of anilines is 1. The number of nitrogens with one attached hydrogen (secondary N) is 1. The molecule has 0 radical (unpaired) electrons. The summed E-state index contributed by atoms with van der Waals surface area (Å²) in [5.74, 6) is 0.595. The molecule has 5 aromatic rings. The number of fused-ring (bicyclic) bond motifs is 2. The molecule has 0 atom stereocenters. The molecule has 0 spiro atoms. The highest BCUT2D eigenvalue weighted by Gasteiger charge is 2.10. The van der Waals surface area contributed by atoms with E-state index in [-0.39, 0.29) is 0 Å². The number of rotatable bonds is 4. The molecule has 0 amide bonds. The van der Waals surface area contributed by atoms with Crippen molar-refractivity contribution in [3.8, 4) is 5.69 Å². The molecule has 0 aliphatic rings. The molecule has 2 aromatic carbocycles. The van der Waals surface area contributed by atoms with Crippen molar-refractivity contribution in [1.82, 2.24) is 24.7 Å². The van der Waals surface area contributed by atoms with Gasteiger partial charge in [0.25, 0.3) is 0 Å². The summed E-state index contributed by atoms with van der Waals surface area (Å²) in [6, 6.07) is 19.9. The molecular formula is C21H15N7. The molecule has 5 rings (SSSR count). The van der Waals surface area contributed by atoms with Crippen LogP contribution in [0.2, 0.25) is 0 Å². The van der Waals surface area contributed by atoms with Crippen molar-refractivity contribution in [3.05, 3.63) is 84.9 Å². The van der Waals surface area contributed by atoms with Crippen molar-refractivity contribution in [3.63, 3.8) is 0 Å². The van der Waals surface area contributed by atoms with Gasteiger partial charge in [0.15, 0.2) is 11.5 Å². The van der Waals surface area contributed by atoms with Crippen LogP contribution in [0, 0.1) is 0 Å². The quantitative estimate of drug-likeness (QED) is 0.387. The van der Waals surface area contributed by atoms with Gasteiger partial charge in [-0.05, 0) is 24.3 Å². The number of pyridine rings is 1. The molecular weight excluding hydrogens is 350 g/mol. The van der Waals surface area contributed by atoms with Crippen molar-refractivity contribution in [2.24, 2.45) is 5.10 Å². The van der Waals surface area contributed by atoms with Crippen LogP contribution in [0.3, 0.4) is 0 Å². The lowest BCUT2D eigenvalue weighted by Gasteiger charge is -2.03. The van der Waals surface area contributed by atoms with E-state index in [0.717, 1.165) is 27.5 Å². The van der Waals surface area contributed by atoms with E-state index in [9.17, 15) is 0 Å². The smallest absolute Gasteiger partial charge is 0.168 e. The molecule has 0 unspecified atom stereocenters. The number of hydrazone groups is 1. The third kappa shape index (κ3) is 2.95. The Morgan fingerprint density at radius 2 is 1.75 bits per heavy atom. The number of benzene rings is 2. The minimum Gasteiger partial charge on any atom is -0.261 e. The fourth-order valence-corrected chi connectivity index (χ4v) is 3.02. The molecule has 134 valence electrons. The van der Waals surface area contributed by atoms with Gasteiger partial charge in [0, 0.05) is 17.1 Å². The molecule has 3 heterocycles. The SMILES string of the molecule is C(=N\Nc1ncnc2c1cnn2-c1ccccc1)/c1cnc2ccccc2c1. The van der Waals surface area contributed by atoms with E-state index in [1.54, 1.807) is 23.3 Å². The number of nitrogens with zero attached hydrogens (tertiary/aromatic N) is 6. The largest absolute Gasteiger partial charge is 0.261 e. The number of aromatic nitrogens is 5. The fourth-order valence-electron chi connectivity index (χ4n) is 3.02. The summed E-state index contributed by atoms with van der Waals surface area (Å²) in [7, 11) is 0. The average Bonchev–Trinajstić information content (AvgIpc) is 3.19. The summed E-state index contributed by atoms with van der Waals surface area (Å²) >= 11 is 0. The molecule has 28 heavy (non-hydrogen) atoms. The Hall–Kier alpha value is -4.13. The fraction of sp³-hybridized carbons (Fsp3) is 0. The third-order valence-corrected chi connectivity index (χ3v) is 4.36. The molecule has 0 aliphatic heterocycles. The number of para-hydroxylation sites is 2. The molecule has 7 nitrogen and oxygen atoms in total. The molecule has 3 aromatic heterocycles. The van der Waals surface area contributed by atoms with Gasteiger partial charge in [0.2, 0.25) is 0 Å². The van der Waals surface area contributed by atoms with E-state index >= 15 is 0 Å². The molecule has 1 N–H and O–H groups in total. The number of hydrogen-bond donors (Lipinski definition) is 1. The van der Waals surface area contributed by atoms with E-state index in [1.807, 2.05) is 60.7 Å². The maximum absolute atomic E-state index is 4.44. The van der Waals surface area contributed by atoms with Crippen LogP contribution in [0.25, 0.3) is 27.6 Å². The van der Waals surface area contributed by atoms with Gasteiger partial charge in [-0.2, -0.15) is 10.2 Å². The lowest BCUT2D eigenvalue weighted by molar-refractivity contribution is 0.895. The summed E-state index contributed by atoms with van der Waals surface area (Å²) in [6.45, 7) is 0. The Kier molecular flexibility index (Phi) is 3.95. The standard InChI is InChI=1S/C21H15N7/c1-2-7-17(8-3-1)28-21-18(13-26-28)20(23-14-24-21)27-25-12-15-10-16-6-4-5-9-19(16)22-11-15/h1-14H,(H,23,24,27)/b25-12+. The Bertz CT molecular complexity index is 1290. The van der Waals surface area contributed by atoms with Crippen LogP contribution < -0.4 is 5.43 Å². The topological polar surface area (TPSA) is 80.9 Å². The van der Waals surface area contributed by atoms with Crippen molar-refractivity contribution < 1.29 is 0 Å². The molecule has 0 saturated carbocycles. The first-order valence-corrected chi connectivity index (χ1v) is 8.76. The van der Waals surface area contributed by atoms with Gasteiger partial charge in [0.1, 0.15) is 6.33 Å². The molecule has 0 bridgehead atoms. The molecule has 0 fully saturated rings. The van der Waals surface area contributed by atoms with Crippen molar-refractivity contribution >= 4 is 34.0 Å². The highest BCUT2D eigenvalue weighted by Crippen LogP contribution is 2.21. The van der Waals surface area contributed by atoms with Gasteiger partial charge in [-0.1, -0.05) is 36.4 Å². The Labute approximate surface area is 160 Å². The third-order valence-electron chi connectivity index (χ3n) is 4.36.